The number of benzene rings is 1. The Balaban J connectivity index is 2.53. The van der Waals surface area contributed by atoms with Crippen molar-refractivity contribution in [2.75, 3.05) is 13.2 Å². The van der Waals surface area contributed by atoms with Gasteiger partial charge in [-0.25, -0.2) is 0 Å². The van der Waals surface area contributed by atoms with Gasteiger partial charge in [-0.3, -0.25) is 4.79 Å². The van der Waals surface area contributed by atoms with E-state index in [1.807, 2.05) is 6.92 Å². The molecule has 1 rings (SSSR count). The molecule has 0 aliphatic rings. The summed E-state index contributed by atoms with van der Waals surface area (Å²) in [5.41, 5.74) is 0. The number of rotatable bonds is 6. The van der Waals surface area contributed by atoms with E-state index in [0.29, 0.717) is 18.1 Å². The van der Waals surface area contributed by atoms with Gasteiger partial charge in [-0.15, -0.1) is 11.6 Å². The van der Waals surface area contributed by atoms with Gasteiger partial charge in [0.05, 0.1) is 6.61 Å². The van der Waals surface area contributed by atoms with Gasteiger partial charge in [0.1, 0.15) is 18.1 Å². The molecule has 0 saturated heterocycles. The zero-order valence-electron chi connectivity index (χ0n) is 8.85. The molecule has 1 aromatic carbocycles. The van der Waals surface area contributed by atoms with Crippen molar-refractivity contribution in [1.29, 1.82) is 0 Å². The summed E-state index contributed by atoms with van der Waals surface area (Å²) >= 11 is 5.51. The lowest BCUT2D eigenvalue weighted by Crippen LogP contribution is -2.21. The second-order valence-electron chi connectivity index (χ2n) is 3.02. The highest BCUT2D eigenvalue weighted by Gasteiger charge is 2.14. The fourth-order valence-electron chi connectivity index (χ4n) is 1.06. The summed E-state index contributed by atoms with van der Waals surface area (Å²) in [6, 6.07) is 6.97. The molecule has 1 N–H and O–H groups in total. The average Bonchev–Trinajstić information content (AvgIpc) is 2.26. The van der Waals surface area contributed by atoms with Gasteiger partial charge in [-0.05, 0) is 19.1 Å². The van der Waals surface area contributed by atoms with E-state index in [1.165, 1.54) is 0 Å². The van der Waals surface area contributed by atoms with Crippen LogP contribution in [0.5, 0.6) is 11.5 Å². The Hall–Kier alpha value is -1.42. The second kappa shape index (κ2) is 6.23. The van der Waals surface area contributed by atoms with Gasteiger partial charge in [0.25, 0.3) is 0 Å². The van der Waals surface area contributed by atoms with Crippen molar-refractivity contribution in [3.05, 3.63) is 24.3 Å². The minimum absolute atomic E-state index is 0.0769. The van der Waals surface area contributed by atoms with Gasteiger partial charge in [0.2, 0.25) is 0 Å². The molecular weight excluding hydrogens is 232 g/mol. The summed E-state index contributed by atoms with van der Waals surface area (Å²) in [5.74, 6) is 0.127. The minimum atomic E-state index is -1.09. The largest absolute Gasteiger partial charge is 0.494 e. The molecule has 16 heavy (non-hydrogen) atoms. The predicted molar refractivity (Wildman–Crippen MR) is 60.4 cm³/mol. The number of alkyl halides is 1. The third-order valence-electron chi connectivity index (χ3n) is 1.78. The number of ether oxygens (including phenoxy) is 2. The van der Waals surface area contributed by atoms with Crippen LogP contribution in [0.25, 0.3) is 0 Å². The molecule has 0 saturated carbocycles. The van der Waals surface area contributed by atoms with Crippen LogP contribution in [0.3, 0.4) is 0 Å². The number of carboxylic acids is 1. The Morgan fingerprint density at radius 1 is 1.44 bits per heavy atom. The third kappa shape index (κ3) is 3.98. The Bertz CT molecular complexity index is 354. The highest BCUT2D eigenvalue weighted by molar-refractivity contribution is 6.29. The Labute approximate surface area is 98.7 Å². The maximum atomic E-state index is 10.5. The molecule has 0 radical (unpaired) electrons. The molecule has 0 heterocycles. The fraction of sp³-hybridized carbons (Fsp3) is 0.364. The average molecular weight is 245 g/mol. The van der Waals surface area contributed by atoms with E-state index in [4.69, 9.17) is 26.2 Å². The van der Waals surface area contributed by atoms with Crippen LogP contribution in [0.4, 0.5) is 0 Å². The summed E-state index contributed by atoms with van der Waals surface area (Å²) in [4.78, 5) is 10.5. The number of halogens is 1. The van der Waals surface area contributed by atoms with Crippen molar-refractivity contribution in [3.8, 4) is 11.5 Å². The monoisotopic (exact) mass is 244 g/mol. The van der Waals surface area contributed by atoms with Gasteiger partial charge in [-0.1, -0.05) is 6.07 Å². The Kier molecular flexibility index (Phi) is 4.92. The van der Waals surface area contributed by atoms with Crippen LogP contribution in [-0.4, -0.2) is 29.7 Å². The number of carboxylic acid groups (broad SMARTS) is 1. The molecule has 0 fully saturated rings. The van der Waals surface area contributed by atoms with E-state index in [0.717, 1.165) is 0 Å². The summed E-state index contributed by atoms with van der Waals surface area (Å²) in [7, 11) is 0. The fourth-order valence-corrected chi connectivity index (χ4v) is 1.12. The smallest absolute Gasteiger partial charge is 0.325 e. The zero-order chi connectivity index (χ0) is 12.0. The highest BCUT2D eigenvalue weighted by Crippen LogP contribution is 2.19. The molecule has 1 aromatic rings. The van der Waals surface area contributed by atoms with E-state index in [-0.39, 0.29) is 6.61 Å². The zero-order valence-corrected chi connectivity index (χ0v) is 9.61. The summed E-state index contributed by atoms with van der Waals surface area (Å²) < 4.78 is 10.5. The summed E-state index contributed by atoms with van der Waals surface area (Å²) in [6.07, 6.45) is 0. The third-order valence-corrected chi connectivity index (χ3v) is 2.09. The van der Waals surface area contributed by atoms with E-state index < -0.39 is 11.3 Å². The quantitative estimate of drug-likeness (QED) is 0.779. The first-order valence-electron chi connectivity index (χ1n) is 4.86. The van der Waals surface area contributed by atoms with Gasteiger partial charge in [0.15, 0.2) is 5.38 Å². The molecule has 0 aliphatic carbocycles. The maximum absolute atomic E-state index is 10.5. The molecule has 0 amide bonds. The van der Waals surface area contributed by atoms with Crippen molar-refractivity contribution in [2.24, 2.45) is 0 Å². The predicted octanol–water partition coefficient (Wildman–Crippen LogP) is 2.16. The maximum Gasteiger partial charge on any atom is 0.325 e. The Morgan fingerprint density at radius 3 is 2.62 bits per heavy atom. The first-order valence-corrected chi connectivity index (χ1v) is 5.29. The van der Waals surface area contributed by atoms with Crippen molar-refractivity contribution in [2.45, 2.75) is 12.3 Å². The number of hydrogen-bond donors (Lipinski definition) is 1. The molecule has 4 nitrogen and oxygen atoms in total. The SMILES string of the molecule is CCOc1cccc(OCC(Cl)C(=O)O)c1. The second-order valence-corrected chi connectivity index (χ2v) is 3.55. The molecular formula is C11H13ClO4. The summed E-state index contributed by atoms with van der Waals surface area (Å²) in [5, 5.41) is 7.52. The van der Waals surface area contributed by atoms with E-state index >= 15 is 0 Å². The molecule has 88 valence electrons. The molecule has 1 unspecified atom stereocenters. The molecule has 0 bridgehead atoms. The first-order chi connectivity index (χ1) is 7.63. The van der Waals surface area contributed by atoms with Crippen LogP contribution in [0.15, 0.2) is 24.3 Å². The normalized spacial score (nSPS) is 11.9. The lowest BCUT2D eigenvalue weighted by molar-refractivity contribution is -0.137. The number of aliphatic carboxylic acids is 1. The number of carbonyl (C=O) groups is 1. The van der Waals surface area contributed by atoms with E-state index in [9.17, 15) is 4.79 Å². The van der Waals surface area contributed by atoms with Crippen molar-refractivity contribution >= 4 is 17.6 Å². The minimum Gasteiger partial charge on any atom is -0.494 e. The topological polar surface area (TPSA) is 55.8 Å². The Morgan fingerprint density at radius 2 is 2.06 bits per heavy atom. The number of hydrogen-bond acceptors (Lipinski definition) is 3. The molecule has 1 atom stereocenters. The van der Waals surface area contributed by atoms with Crippen molar-refractivity contribution in [3.63, 3.8) is 0 Å². The van der Waals surface area contributed by atoms with E-state index in [1.54, 1.807) is 24.3 Å². The lowest BCUT2D eigenvalue weighted by Gasteiger charge is -2.09. The highest BCUT2D eigenvalue weighted by atomic mass is 35.5. The van der Waals surface area contributed by atoms with Crippen LogP contribution in [0.1, 0.15) is 6.92 Å². The lowest BCUT2D eigenvalue weighted by atomic mass is 10.3. The van der Waals surface area contributed by atoms with Gasteiger partial charge in [0, 0.05) is 6.07 Å². The standard InChI is InChI=1S/C11H13ClO4/c1-2-15-8-4-3-5-9(6-8)16-7-10(12)11(13)14/h3-6,10H,2,7H2,1H3,(H,13,14). The van der Waals surface area contributed by atoms with Crippen molar-refractivity contribution < 1.29 is 19.4 Å². The molecule has 0 aromatic heterocycles. The van der Waals surface area contributed by atoms with Crippen LogP contribution >= 0.6 is 11.6 Å². The summed E-state index contributed by atoms with van der Waals surface area (Å²) in [6.45, 7) is 2.37. The van der Waals surface area contributed by atoms with E-state index in [2.05, 4.69) is 0 Å². The van der Waals surface area contributed by atoms with Gasteiger partial charge >= 0.3 is 5.97 Å². The molecule has 0 aliphatic heterocycles. The van der Waals surface area contributed by atoms with Crippen LogP contribution < -0.4 is 9.47 Å². The molecule has 0 spiro atoms. The van der Waals surface area contributed by atoms with Crippen LogP contribution in [0, 0.1) is 0 Å². The molecule has 5 heteroatoms. The van der Waals surface area contributed by atoms with Gasteiger partial charge < -0.3 is 14.6 Å². The van der Waals surface area contributed by atoms with Crippen LogP contribution in [0.2, 0.25) is 0 Å². The van der Waals surface area contributed by atoms with Gasteiger partial charge in [-0.2, -0.15) is 0 Å². The van der Waals surface area contributed by atoms with Crippen LogP contribution in [-0.2, 0) is 4.79 Å². The first kappa shape index (κ1) is 12.6. The van der Waals surface area contributed by atoms with Crippen molar-refractivity contribution in [1.82, 2.24) is 0 Å².